The number of hydrogen-bond donors (Lipinski definition) is 2. The summed E-state index contributed by atoms with van der Waals surface area (Å²) in [7, 11) is 0. The summed E-state index contributed by atoms with van der Waals surface area (Å²) in [6, 6.07) is 0. The number of aliphatic carboxylic acids is 1. The minimum Gasteiger partial charge on any atom is -0.481 e. The number of carbonyl (C=O) groups is 1. The fourth-order valence-corrected chi connectivity index (χ4v) is 1.31. The lowest BCUT2D eigenvalue weighted by atomic mass is 10.1. The number of alkyl halides is 2. The second kappa shape index (κ2) is 4.68. The maximum atomic E-state index is 12.6. The fourth-order valence-electron chi connectivity index (χ4n) is 1.31. The Hall–Kier alpha value is -2.32. The summed E-state index contributed by atoms with van der Waals surface area (Å²) in [6.07, 6.45) is -3.39. The number of nitro groups is 1. The largest absolute Gasteiger partial charge is 0.481 e. The predicted molar refractivity (Wildman–Crippen MR) is 50.0 cm³/mol. The number of H-pyrrole nitrogens is 1. The van der Waals surface area contributed by atoms with Crippen molar-refractivity contribution in [1.29, 1.82) is 0 Å². The van der Waals surface area contributed by atoms with Gasteiger partial charge in [0.15, 0.2) is 0 Å². The normalized spacial score (nSPS) is 10.5. The molecule has 92 valence electrons. The van der Waals surface area contributed by atoms with E-state index < -0.39 is 46.1 Å². The third-order valence-corrected chi connectivity index (χ3v) is 1.94. The highest BCUT2D eigenvalue weighted by atomic mass is 19.3. The first-order chi connectivity index (χ1) is 7.84. The van der Waals surface area contributed by atoms with E-state index in [0.29, 0.717) is 0 Å². The van der Waals surface area contributed by atoms with Crippen molar-refractivity contribution < 1.29 is 23.6 Å². The van der Waals surface area contributed by atoms with Gasteiger partial charge in [-0.3, -0.25) is 19.7 Å². The van der Waals surface area contributed by atoms with Gasteiger partial charge in [0.2, 0.25) is 0 Å². The Morgan fingerprint density at radius 1 is 1.59 bits per heavy atom. The van der Waals surface area contributed by atoms with E-state index >= 15 is 0 Å². The van der Waals surface area contributed by atoms with E-state index in [0.717, 1.165) is 6.20 Å². The highest BCUT2D eigenvalue weighted by molar-refractivity contribution is 5.71. The van der Waals surface area contributed by atoms with Crippen LogP contribution in [0.4, 0.5) is 14.5 Å². The van der Waals surface area contributed by atoms with Gasteiger partial charge in [-0.15, -0.1) is 0 Å². The van der Waals surface area contributed by atoms with Gasteiger partial charge in [-0.25, -0.2) is 8.78 Å². The van der Waals surface area contributed by atoms with Gasteiger partial charge in [0.1, 0.15) is 5.56 Å². The SMILES string of the molecule is O=C(O)Cc1c[nH]c(=O)c([N+](=O)[O-])c1C(F)F. The molecule has 0 amide bonds. The average Bonchev–Trinajstić information content (AvgIpc) is 2.18. The quantitative estimate of drug-likeness (QED) is 0.605. The number of nitrogens with one attached hydrogen (secondary N) is 1. The minimum absolute atomic E-state index is 0.487. The molecule has 1 rings (SSSR count). The van der Waals surface area contributed by atoms with Gasteiger partial charge in [0.05, 0.1) is 11.3 Å². The van der Waals surface area contributed by atoms with Crippen LogP contribution in [-0.4, -0.2) is 21.0 Å². The second-order valence-electron chi connectivity index (χ2n) is 3.03. The topological polar surface area (TPSA) is 113 Å². The zero-order chi connectivity index (χ0) is 13.2. The van der Waals surface area contributed by atoms with Crippen molar-refractivity contribution in [3.05, 3.63) is 37.8 Å². The molecule has 0 aliphatic heterocycles. The molecular weight excluding hydrogens is 242 g/mol. The maximum Gasteiger partial charge on any atom is 0.343 e. The van der Waals surface area contributed by atoms with Crippen molar-refractivity contribution in [2.24, 2.45) is 0 Å². The van der Waals surface area contributed by atoms with E-state index in [1.165, 1.54) is 0 Å². The third kappa shape index (κ3) is 2.62. The molecule has 0 saturated heterocycles. The van der Waals surface area contributed by atoms with Crippen LogP contribution in [0.15, 0.2) is 11.0 Å². The van der Waals surface area contributed by atoms with Crippen LogP contribution in [-0.2, 0) is 11.2 Å². The predicted octanol–water partition coefficient (Wildman–Crippen LogP) is 0.848. The zero-order valence-electron chi connectivity index (χ0n) is 8.15. The van der Waals surface area contributed by atoms with Crippen LogP contribution < -0.4 is 5.56 Å². The Kier molecular flexibility index (Phi) is 3.51. The Morgan fingerprint density at radius 2 is 2.18 bits per heavy atom. The maximum absolute atomic E-state index is 12.6. The van der Waals surface area contributed by atoms with E-state index in [-0.39, 0.29) is 0 Å². The number of aromatic amines is 1. The van der Waals surface area contributed by atoms with Crippen molar-refractivity contribution in [3.63, 3.8) is 0 Å². The molecule has 0 spiro atoms. The summed E-state index contributed by atoms with van der Waals surface area (Å²) < 4.78 is 25.3. The first-order valence-corrected chi connectivity index (χ1v) is 4.23. The number of aromatic nitrogens is 1. The molecule has 0 aromatic carbocycles. The van der Waals surface area contributed by atoms with E-state index in [4.69, 9.17) is 5.11 Å². The van der Waals surface area contributed by atoms with E-state index in [1.807, 2.05) is 4.98 Å². The highest BCUT2D eigenvalue weighted by Gasteiger charge is 2.29. The van der Waals surface area contributed by atoms with Crippen LogP contribution >= 0.6 is 0 Å². The lowest BCUT2D eigenvalue weighted by Gasteiger charge is -2.06. The Labute approximate surface area is 91.8 Å². The molecule has 2 N–H and O–H groups in total. The summed E-state index contributed by atoms with van der Waals surface area (Å²) in [5.41, 5.74) is -4.25. The summed E-state index contributed by atoms with van der Waals surface area (Å²) in [5, 5.41) is 19.0. The average molecular weight is 248 g/mol. The van der Waals surface area contributed by atoms with Crippen LogP contribution in [0.2, 0.25) is 0 Å². The first-order valence-electron chi connectivity index (χ1n) is 4.23. The van der Waals surface area contributed by atoms with Gasteiger partial charge >= 0.3 is 17.2 Å². The van der Waals surface area contributed by atoms with Crippen molar-refractivity contribution in [2.75, 3.05) is 0 Å². The number of pyridine rings is 1. The van der Waals surface area contributed by atoms with Gasteiger partial charge in [-0.1, -0.05) is 0 Å². The van der Waals surface area contributed by atoms with Gasteiger partial charge < -0.3 is 10.1 Å². The molecule has 9 heteroatoms. The smallest absolute Gasteiger partial charge is 0.343 e. The van der Waals surface area contributed by atoms with Gasteiger partial charge in [0.25, 0.3) is 6.43 Å². The molecule has 1 heterocycles. The second-order valence-corrected chi connectivity index (χ2v) is 3.03. The van der Waals surface area contributed by atoms with E-state index in [9.17, 15) is 28.5 Å². The van der Waals surface area contributed by atoms with Gasteiger partial charge in [-0.2, -0.15) is 0 Å². The number of carboxylic acid groups (broad SMARTS) is 1. The standard InChI is InChI=1S/C8H6F2N2O5/c9-7(10)5-3(1-4(13)14)2-11-8(15)6(5)12(16)17/h2,7H,1H2,(H,11,15)(H,13,14). The number of rotatable bonds is 4. The van der Waals surface area contributed by atoms with Crippen LogP contribution in [0.5, 0.6) is 0 Å². The van der Waals surface area contributed by atoms with Crippen LogP contribution in [0.25, 0.3) is 0 Å². The monoisotopic (exact) mass is 248 g/mol. The Morgan fingerprint density at radius 3 is 2.59 bits per heavy atom. The van der Waals surface area contributed by atoms with Crippen molar-refractivity contribution >= 4 is 11.7 Å². The number of hydrogen-bond acceptors (Lipinski definition) is 4. The van der Waals surface area contributed by atoms with E-state index in [2.05, 4.69) is 0 Å². The zero-order valence-corrected chi connectivity index (χ0v) is 8.15. The fraction of sp³-hybridized carbons (Fsp3) is 0.250. The molecule has 0 unspecified atom stereocenters. The molecule has 1 aromatic heterocycles. The molecule has 0 aliphatic carbocycles. The molecule has 0 fully saturated rings. The highest BCUT2D eigenvalue weighted by Crippen LogP contribution is 2.29. The van der Waals surface area contributed by atoms with Crippen molar-refractivity contribution in [3.8, 4) is 0 Å². The van der Waals surface area contributed by atoms with Crippen LogP contribution in [0.3, 0.4) is 0 Å². The van der Waals surface area contributed by atoms with Crippen molar-refractivity contribution in [1.82, 2.24) is 4.98 Å². The summed E-state index contributed by atoms with van der Waals surface area (Å²) >= 11 is 0. The first kappa shape index (κ1) is 12.7. The molecule has 17 heavy (non-hydrogen) atoms. The van der Waals surface area contributed by atoms with Crippen molar-refractivity contribution in [2.45, 2.75) is 12.8 Å². The lowest BCUT2D eigenvalue weighted by Crippen LogP contribution is -2.18. The lowest BCUT2D eigenvalue weighted by molar-refractivity contribution is -0.387. The van der Waals surface area contributed by atoms with Crippen LogP contribution in [0.1, 0.15) is 17.6 Å². The van der Waals surface area contributed by atoms with Crippen LogP contribution in [0, 0.1) is 10.1 Å². The molecular formula is C8H6F2N2O5. The van der Waals surface area contributed by atoms with E-state index in [1.54, 1.807) is 0 Å². The number of nitrogens with zero attached hydrogens (tertiary/aromatic N) is 1. The molecule has 0 radical (unpaired) electrons. The third-order valence-electron chi connectivity index (χ3n) is 1.94. The Balaban J connectivity index is 3.53. The molecule has 0 atom stereocenters. The molecule has 0 aliphatic rings. The minimum atomic E-state index is -3.30. The summed E-state index contributed by atoms with van der Waals surface area (Å²) in [4.78, 5) is 32.5. The molecule has 7 nitrogen and oxygen atoms in total. The summed E-state index contributed by atoms with van der Waals surface area (Å²) in [6.45, 7) is 0. The Bertz CT molecular complexity index is 525. The number of halogens is 2. The molecule has 1 aromatic rings. The molecule has 0 saturated carbocycles. The number of carboxylic acids is 1. The molecule has 0 bridgehead atoms. The summed E-state index contributed by atoms with van der Waals surface area (Å²) in [5.74, 6) is -1.44. The van der Waals surface area contributed by atoms with Gasteiger partial charge in [0, 0.05) is 6.20 Å². The van der Waals surface area contributed by atoms with Gasteiger partial charge in [-0.05, 0) is 5.56 Å².